The van der Waals surface area contributed by atoms with Gasteiger partial charge in [-0.25, -0.2) is 4.99 Å². The number of morpholine rings is 1. The van der Waals surface area contributed by atoms with Crippen LogP contribution in [0.4, 0.5) is 0 Å². The molecule has 0 bridgehead atoms. The summed E-state index contributed by atoms with van der Waals surface area (Å²) in [7, 11) is 2.02. The Bertz CT molecular complexity index is 704. The average Bonchev–Trinajstić information content (AvgIpc) is 3.32. The van der Waals surface area contributed by atoms with Gasteiger partial charge in [0, 0.05) is 39.8 Å². The quantitative estimate of drug-likeness (QED) is 0.433. The molecular formula is C22H39N7O. The van der Waals surface area contributed by atoms with Crippen molar-refractivity contribution in [2.45, 2.75) is 58.4 Å². The minimum absolute atomic E-state index is 0.524. The third kappa shape index (κ3) is 5.32. The molecule has 1 aromatic heterocycles. The first-order valence-electron chi connectivity index (χ1n) is 11.8. The van der Waals surface area contributed by atoms with Crippen molar-refractivity contribution in [1.29, 1.82) is 0 Å². The second-order valence-electron chi connectivity index (χ2n) is 9.33. The molecule has 168 valence electrons. The Balaban J connectivity index is 1.36. The molecule has 0 radical (unpaired) electrons. The summed E-state index contributed by atoms with van der Waals surface area (Å²) < 4.78 is 7.49. The topological polar surface area (TPSA) is 70.8 Å². The van der Waals surface area contributed by atoms with E-state index in [-0.39, 0.29) is 0 Å². The fourth-order valence-electron chi connectivity index (χ4n) is 5.16. The van der Waals surface area contributed by atoms with E-state index >= 15 is 0 Å². The van der Waals surface area contributed by atoms with Crippen LogP contribution >= 0.6 is 0 Å². The summed E-state index contributed by atoms with van der Waals surface area (Å²) in [6, 6.07) is 0. The fraction of sp³-hybridized carbons (Fsp3) is 0.864. The van der Waals surface area contributed by atoms with Gasteiger partial charge in [-0.2, -0.15) is 0 Å². The van der Waals surface area contributed by atoms with Crippen molar-refractivity contribution in [1.82, 2.24) is 29.9 Å². The smallest absolute Gasteiger partial charge is 0.194 e. The lowest BCUT2D eigenvalue weighted by molar-refractivity contribution is 0.0375. The van der Waals surface area contributed by atoms with E-state index in [9.17, 15) is 0 Å². The first-order chi connectivity index (χ1) is 14.7. The van der Waals surface area contributed by atoms with Crippen LogP contribution in [0.2, 0.25) is 0 Å². The van der Waals surface area contributed by atoms with Crippen LogP contribution in [0.1, 0.15) is 56.6 Å². The molecule has 3 fully saturated rings. The number of hydrogen-bond acceptors (Lipinski definition) is 5. The number of hydrogen-bond donors (Lipinski definition) is 1. The van der Waals surface area contributed by atoms with Gasteiger partial charge in [-0.1, -0.05) is 19.3 Å². The SMILES string of the molecule is Cc1nnc(CN=C(NCCCN2CCOCC2)N2CCC3(CCCCC3)C2)n1C. The van der Waals surface area contributed by atoms with Crippen LogP contribution in [-0.2, 0) is 18.3 Å². The van der Waals surface area contributed by atoms with E-state index in [1.165, 1.54) is 38.5 Å². The number of aryl methyl sites for hydroxylation is 1. The lowest BCUT2D eigenvalue weighted by atomic mass is 9.73. The van der Waals surface area contributed by atoms with E-state index in [0.29, 0.717) is 12.0 Å². The van der Waals surface area contributed by atoms with Crippen molar-refractivity contribution in [3.8, 4) is 0 Å². The molecule has 3 aliphatic rings. The number of guanidine groups is 1. The fourth-order valence-corrected chi connectivity index (χ4v) is 5.16. The average molecular weight is 418 g/mol. The summed E-state index contributed by atoms with van der Waals surface area (Å²) in [5.41, 5.74) is 0.524. The van der Waals surface area contributed by atoms with Gasteiger partial charge < -0.3 is 19.5 Å². The molecule has 0 aromatic carbocycles. The highest BCUT2D eigenvalue weighted by atomic mass is 16.5. The monoisotopic (exact) mass is 417 g/mol. The highest BCUT2D eigenvalue weighted by Gasteiger charge is 2.39. The molecule has 4 rings (SSSR count). The number of aliphatic imine (C=N–C) groups is 1. The van der Waals surface area contributed by atoms with Crippen LogP contribution in [0.25, 0.3) is 0 Å². The van der Waals surface area contributed by atoms with Crippen molar-refractivity contribution in [2.75, 3.05) is 52.5 Å². The maximum absolute atomic E-state index is 5.46. The zero-order valence-electron chi connectivity index (χ0n) is 18.9. The van der Waals surface area contributed by atoms with Gasteiger partial charge in [-0.3, -0.25) is 4.90 Å². The number of nitrogens with one attached hydrogen (secondary N) is 1. The number of nitrogens with zero attached hydrogens (tertiary/aromatic N) is 6. The largest absolute Gasteiger partial charge is 0.379 e. The second-order valence-corrected chi connectivity index (χ2v) is 9.33. The Morgan fingerprint density at radius 1 is 1.10 bits per heavy atom. The molecule has 2 saturated heterocycles. The predicted molar refractivity (Wildman–Crippen MR) is 118 cm³/mol. The predicted octanol–water partition coefficient (Wildman–Crippen LogP) is 1.95. The summed E-state index contributed by atoms with van der Waals surface area (Å²) in [5, 5.41) is 12.2. The first-order valence-corrected chi connectivity index (χ1v) is 11.8. The molecule has 8 nitrogen and oxygen atoms in total. The van der Waals surface area contributed by atoms with E-state index in [2.05, 4.69) is 25.3 Å². The molecule has 8 heteroatoms. The van der Waals surface area contributed by atoms with E-state index in [1.807, 2.05) is 18.5 Å². The third-order valence-electron chi connectivity index (χ3n) is 7.24. The molecule has 3 heterocycles. The Morgan fingerprint density at radius 2 is 1.90 bits per heavy atom. The molecule has 0 atom stereocenters. The molecular weight excluding hydrogens is 378 g/mol. The molecule has 30 heavy (non-hydrogen) atoms. The summed E-state index contributed by atoms with van der Waals surface area (Å²) in [4.78, 5) is 9.99. The van der Waals surface area contributed by atoms with E-state index in [1.54, 1.807) is 0 Å². The van der Waals surface area contributed by atoms with Gasteiger partial charge in [-0.15, -0.1) is 10.2 Å². The van der Waals surface area contributed by atoms with Crippen molar-refractivity contribution in [3.63, 3.8) is 0 Å². The Labute approximate surface area is 181 Å². The number of likely N-dealkylation sites (tertiary alicyclic amines) is 1. The molecule has 1 saturated carbocycles. The van der Waals surface area contributed by atoms with Crippen molar-refractivity contribution in [3.05, 3.63) is 11.6 Å². The van der Waals surface area contributed by atoms with Crippen LogP contribution < -0.4 is 5.32 Å². The molecule has 1 spiro atoms. The molecule has 1 N–H and O–H groups in total. The summed E-state index contributed by atoms with van der Waals surface area (Å²) in [5.74, 6) is 2.91. The number of ether oxygens (including phenoxy) is 1. The molecule has 2 aliphatic heterocycles. The second kappa shape index (κ2) is 10.1. The van der Waals surface area contributed by atoms with Gasteiger partial charge in [0.2, 0.25) is 0 Å². The van der Waals surface area contributed by atoms with Gasteiger partial charge in [0.25, 0.3) is 0 Å². The van der Waals surface area contributed by atoms with Crippen LogP contribution in [0, 0.1) is 12.3 Å². The Morgan fingerprint density at radius 3 is 2.63 bits per heavy atom. The van der Waals surface area contributed by atoms with Crippen LogP contribution in [0.15, 0.2) is 4.99 Å². The minimum Gasteiger partial charge on any atom is -0.379 e. The van der Waals surface area contributed by atoms with E-state index in [4.69, 9.17) is 9.73 Å². The summed E-state index contributed by atoms with van der Waals surface area (Å²) in [6.45, 7) is 10.8. The minimum atomic E-state index is 0.524. The highest BCUT2D eigenvalue weighted by molar-refractivity contribution is 5.80. The van der Waals surface area contributed by atoms with E-state index < -0.39 is 0 Å². The molecule has 0 amide bonds. The van der Waals surface area contributed by atoms with Crippen molar-refractivity contribution >= 4 is 5.96 Å². The number of aromatic nitrogens is 3. The lowest BCUT2D eigenvalue weighted by Crippen LogP contribution is -2.43. The summed E-state index contributed by atoms with van der Waals surface area (Å²) >= 11 is 0. The summed E-state index contributed by atoms with van der Waals surface area (Å²) in [6.07, 6.45) is 9.41. The standard InChI is InChI=1S/C22H39N7O/c1-19-25-26-20(27(19)2)17-24-21(23-10-6-11-28-13-15-30-16-14-28)29-12-9-22(18-29)7-4-3-5-8-22/h3-18H2,1-2H3,(H,23,24). The van der Waals surface area contributed by atoms with Crippen molar-refractivity contribution in [2.24, 2.45) is 17.5 Å². The third-order valence-corrected chi connectivity index (χ3v) is 7.24. The highest BCUT2D eigenvalue weighted by Crippen LogP contribution is 2.43. The zero-order valence-corrected chi connectivity index (χ0v) is 18.9. The Hall–Kier alpha value is -1.67. The van der Waals surface area contributed by atoms with Crippen molar-refractivity contribution < 1.29 is 4.74 Å². The normalized spacial score (nSPS) is 22.7. The zero-order chi connectivity index (χ0) is 20.8. The van der Waals surface area contributed by atoms with Crippen LogP contribution in [-0.4, -0.2) is 83.0 Å². The maximum atomic E-state index is 5.46. The van der Waals surface area contributed by atoms with Gasteiger partial charge in [-0.05, 0) is 44.6 Å². The molecule has 0 unspecified atom stereocenters. The molecule has 1 aliphatic carbocycles. The first kappa shape index (κ1) is 21.6. The Kier molecular flexibility index (Phi) is 7.25. The lowest BCUT2D eigenvalue weighted by Gasteiger charge is -2.33. The van der Waals surface area contributed by atoms with Gasteiger partial charge in [0.15, 0.2) is 11.8 Å². The van der Waals surface area contributed by atoms with Crippen LogP contribution in [0.5, 0.6) is 0 Å². The number of rotatable bonds is 6. The maximum Gasteiger partial charge on any atom is 0.194 e. The molecule has 1 aromatic rings. The van der Waals surface area contributed by atoms with Gasteiger partial charge in [0.1, 0.15) is 12.4 Å². The van der Waals surface area contributed by atoms with Crippen LogP contribution in [0.3, 0.4) is 0 Å². The van der Waals surface area contributed by atoms with Gasteiger partial charge >= 0.3 is 0 Å². The van der Waals surface area contributed by atoms with Gasteiger partial charge in [0.05, 0.1) is 13.2 Å². The van der Waals surface area contributed by atoms with E-state index in [0.717, 1.165) is 76.5 Å².